The average Bonchev–Trinajstić information content (AvgIpc) is 2.61. The number of hydrogen-bond acceptors (Lipinski definition) is 2. The zero-order chi connectivity index (χ0) is 18.5. The molecule has 0 aliphatic rings. The lowest BCUT2D eigenvalue weighted by Gasteiger charge is -2.20. The molecule has 0 heterocycles. The van der Waals surface area contributed by atoms with Gasteiger partial charge in [-0.05, 0) is 42.0 Å². The van der Waals surface area contributed by atoms with Crippen LogP contribution in [0.4, 0.5) is 24.5 Å². The highest BCUT2D eigenvalue weighted by molar-refractivity contribution is 5.97. The van der Waals surface area contributed by atoms with E-state index in [1.165, 1.54) is 24.3 Å². The van der Waals surface area contributed by atoms with Crippen molar-refractivity contribution in [1.29, 1.82) is 0 Å². The lowest BCUT2D eigenvalue weighted by molar-refractivity contribution is -0.117. The van der Waals surface area contributed by atoms with E-state index >= 15 is 0 Å². The number of benzene rings is 3. The SMILES string of the molecule is O=C(Nc1ccc(F)cc1)C(Nc1cc(F)cc(F)c1)c1ccccc1. The van der Waals surface area contributed by atoms with Crippen molar-refractivity contribution in [3.05, 3.63) is 95.8 Å². The third kappa shape index (κ3) is 4.42. The predicted octanol–water partition coefficient (Wildman–Crippen LogP) is 4.90. The quantitative estimate of drug-likeness (QED) is 0.683. The first-order chi connectivity index (χ1) is 12.5. The maximum atomic E-state index is 13.5. The fourth-order valence-electron chi connectivity index (χ4n) is 2.50. The highest BCUT2D eigenvalue weighted by atomic mass is 19.1. The zero-order valence-corrected chi connectivity index (χ0v) is 13.5. The lowest BCUT2D eigenvalue weighted by atomic mass is 10.1. The molecule has 0 aliphatic heterocycles. The Bertz CT molecular complexity index is 878. The van der Waals surface area contributed by atoms with Crippen molar-refractivity contribution in [2.45, 2.75) is 6.04 Å². The van der Waals surface area contributed by atoms with E-state index in [-0.39, 0.29) is 5.69 Å². The average molecular weight is 356 g/mol. The van der Waals surface area contributed by atoms with E-state index in [0.29, 0.717) is 11.3 Å². The zero-order valence-electron chi connectivity index (χ0n) is 13.5. The molecule has 0 bridgehead atoms. The summed E-state index contributed by atoms with van der Waals surface area (Å²) in [5.41, 5.74) is 1.15. The summed E-state index contributed by atoms with van der Waals surface area (Å²) in [4.78, 5) is 12.7. The first-order valence-electron chi connectivity index (χ1n) is 7.85. The summed E-state index contributed by atoms with van der Waals surface area (Å²) in [6, 6.07) is 16.1. The molecule has 1 unspecified atom stereocenters. The Labute approximate surface area is 148 Å². The second kappa shape index (κ2) is 7.74. The summed E-state index contributed by atoms with van der Waals surface area (Å²) < 4.78 is 39.9. The van der Waals surface area contributed by atoms with Gasteiger partial charge in [-0.2, -0.15) is 0 Å². The lowest BCUT2D eigenvalue weighted by Crippen LogP contribution is -2.27. The number of anilines is 2. The largest absolute Gasteiger partial charge is 0.370 e. The number of amides is 1. The van der Waals surface area contributed by atoms with E-state index in [0.717, 1.165) is 18.2 Å². The summed E-state index contributed by atoms with van der Waals surface area (Å²) >= 11 is 0. The van der Waals surface area contributed by atoms with E-state index < -0.39 is 29.4 Å². The summed E-state index contributed by atoms with van der Waals surface area (Å²) in [7, 11) is 0. The Morgan fingerprint density at radius 3 is 1.96 bits per heavy atom. The molecule has 0 aliphatic carbocycles. The second-order valence-corrected chi connectivity index (χ2v) is 5.64. The Morgan fingerprint density at radius 2 is 1.35 bits per heavy atom. The summed E-state index contributed by atoms with van der Waals surface area (Å²) in [5.74, 6) is -2.38. The normalized spacial score (nSPS) is 11.7. The van der Waals surface area contributed by atoms with E-state index in [2.05, 4.69) is 10.6 Å². The van der Waals surface area contributed by atoms with Gasteiger partial charge in [0, 0.05) is 17.4 Å². The van der Waals surface area contributed by atoms with Crippen LogP contribution in [0, 0.1) is 17.5 Å². The van der Waals surface area contributed by atoms with Crippen molar-refractivity contribution in [2.75, 3.05) is 10.6 Å². The van der Waals surface area contributed by atoms with Gasteiger partial charge in [0.1, 0.15) is 23.5 Å². The van der Waals surface area contributed by atoms with Gasteiger partial charge in [-0.3, -0.25) is 4.79 Å². The molecule has 132 valence electrons. The Balaban J connectivity index is 1.87. The van der Waals surface area contributed by atoms with E-state index in [1.807, 2.05) is 0 Å². The van der Waals surface area contributed by atoms with Gasteiger partial charge in [-0.25, -0.2) is 13.2 Å². The van der Waals surface area contributed by atoms with Gasteiger partial charge in [0.2, 0.25) is 0 Å². The molecule has 3 aromatic rings. The van der Waals surface area contributed by atoms with E-state index in [9.17, 15) is 18.0 Å². The Kier molecular flexibility index (Phi) is 5.22. The van der Waals surface area contributed by atoms with Crippen LogP contribution in [-0.4, -0.2) is 5.91 Å². The summed E-state index contributed by atoms with van der Waals surface area (Å²) in [6.07, 6.45) is 0. The van der Waals surface area contributed by atoms with Crippen molar-refractivity contribution in [3.63, 3.8) is 0 Å². The van der Waals surface area contributed by atoms with Gasteiger partial charge in [-0.1, -0.05) is 30.3 Å². The maximum absolute atomic E-state index is 13.5. The minimum atomic E-state index is -0.901. The van der Waals surface area contributed by atoms with Gasteiger partial charge < -0.3 is 10.6 Å². The number of hydrogen-bond donors (Lipinski definition) is 2. The molecule has 3 nitrogen and oxygen atoms in total. The second-order valence-electron chi connectivity index (χ2n) is 5.64. The molecule has 0 aromatic heterocycles. The number of rotatable bonds is 5. The molecule has 0 radical (unpaired) electrons. The van der Waals surface area contributed by atoms with Crippen LogP contribution in [0.5, 0.6) is 0 Å². The molecule has 0 spiro atoms. The number of carbonyl (C=O) groups excluding carboxylic acids is 1. The van der Waals surface area contributed by atoms with Crippen molar-refractivity contribution in [1.82, 2.24) is 0 Å². The highest BCUT2D eigenvalue weighted by Gasteiger charge is 2.21. The molecule has 26 heavy (non-hydrogen) atoms. The highest BCUT2D eigenvalue weighted by Crippen LogP contribution is 2.23. The van der Waals surface area contributed by atoms with Crippen LogP contribution in [-0.2, 0) is 4.79 Å². The number of halogens is 3. The first-order valence-corrected chi connectivity index (χ1v) is 7.85. The van der Waals surface area contributed by atoms with Crippen molar-refractivity contribution in [3.8, 4) is 0 Å². The molecule has 3 aromatic carbocycles. The van der Waals surface area contributed by atoms with Gasteiger partial charge >= 0.3 is 0 Å². The monoisotopic (exact) mass is 356 g/mol. The maximum Gasteiger partial charge on any atom is 0.251 e. The first kappa shape index (κ1) is 17.5. The molecule has 0 saturated carbocycles. The molecule has 0 fully saturated rings. The van der Waals surface area contributed by atoms with Crippen LogP contribution in [0.3, 0.4) is 0 Å². The predicted molar refractivity (Wildman–Crippen MR) is 94.2 cm³/mol. The smallest absolute Gasteiger partial charge is 0.251 e. The molecule has 2 N–H and O–H groups in total. The minimum absolute atomic E-state index is 0.130. The van der Waals surface area contributed by atoms with Crippen LogP contribution in [0.2, 0.25) is 0 Å². The molecule has 1 atom stereocenters. The van der Waals surface area contributed by atoms with Crippen molar-refractivity contribution >= 4 is 17.3 Å². The van der Waals surface area contributed by atoms with Gasteiger partial charge in [0.05, 0.1) is 0 Å². The summed E-state index contributed by atoms with van der Waals surface area (Å²) in [5, 5.41) is 5.50. The third-order valence-electron chi connectivity index (χ3n) is 3.68. The fourth-order valence-corrected chi connectivity index (χ4v) is 2.50. The van der Waals surface area contributed by atoms with Gasteiger partial charge in [0.25, 0.3) is 5.91 Å². The van der Waals surface area contributed by atoms with E-state index in [4.69, 9.17) is 0 Å². The van der Waals surface area contributed by atoms with Crippen LogP contribution in [0.1, 0.15) is 11.6 Å². The topological polar surface area (TPSA) is 41.1 Å². The minimum Gasteiger partial charge on any atom is -0.370 e. The van der Waals surface area contributed by atoms with Crippen LogP contribution >= 0.6 is 0 Å². The number of nitrogens with one attached hydrogen (secondary N) is 2. The Hall–Kier alpha value is -3.28. The summed E-state index contributed by atoms with van der Waals surface area (Å²) in [6.45, 7) is 0. The van der Waals surface area contributed by atoms with Crippen molar-refractivity contribution in [2.24, 2.45) is 0 Å². The van der Waals surface area contributed by atoms with E-state index in [1.54, 1.807) is 30.3 Å². The van der Waals surface area contributed by atoms with Gasteiger partial charge in [0.15, 0.2) is 0 Å². The molecular formula is C20H15F3N2O. The Morgan fingerprint density at radius 1 is 0.731 bits per heavy atom. The van der Waals surface area contributed by atoms with Gasteiger partial charge in [-0.15, -0.1) is 0 Å². The van der Waals surface area contributed by atoms with Crippen LogP contribution in [0.25, 0.3) is 0 Å². The van der Waals surface area contributed by atoms with Crippen LogP contribution < -0.4 is 10.6 Å². The standard InChI is InChI=1S/C20H15F3N2O/c21-14-6-8-17(9-7-14)25-20(26)19(13-4-2-1-3-5-13)24-18-11-15(22)10-16(23)12-18/h1-12,19,24H,(H,25,26). The third-order valence-corrected chi connectivity index (χ3v) is 3.68. The molecule has 3 rings (SSSR count). The van der Waals surface area contributed by atoms with Crippen molar-refractivity contribution < 1.29 is 18.0 Å². The van der Waals surface area contributed by atoms with Crippen LogP contribution in [0.15, 0.2) is 72.8 Å². The molecule has 0 saturated heterocycles. The molecular weight excluding hydrogens is 341 g/mol. The number of carbonyl (C=O) groups is 1. The molecule has 1 amide bonds. The fraction of sp³-hybridized carbons (Fsp3) is 0.0500. The molecule has 6 heteroatoms.